The molecule has 1 aromatic carbocycles. The number of phenols is 1. The van der Waals surface area contributed by atoms with Crippen molar-refractivity contribution in [3.63, 3.8) is 0 Å². The van der Waals surface area contributed by atoms with Crippen molar-refractivity contribution >= 4 is 11.6 Å². The van der Waals surface area contributed by atoms with Crippen molar-refractivity contribution in [1.82, 2.24) is 0 Å². The highest BCUT2D eigenvalue weighted by atomic mass is 35.5. The van der Waals surface area contributed by atoms with E-state index in [1.807, 2.05) is 0 Å². The fourth-order valence-electron chi connectivity index (χ4n) is 1.26. The molecule has 84 valence electrons. The number of rotatable bonds is 4. The summed E-state index contributed by atoms with van der Waals surface area (Å²) in [5.41, 5.74) is 0.146. The van der Waals surface area contributed by atoms with Crippen LogP contribution in [0.25, 0.3) is 0 Å². The number of nitrogens with two attached hydrogens (primary N) is 1. The zero-order valence-electron chi connectivity index (χ0n) is 8.09. The molecular formula is C9H11ClFNO3. The Bertz CT molecular complexity index is 360. The van der Waals surface area contributed by atoms with Gasteiger partial charge in [0.05, 0.1) is 18.7 Å². The van der Waals surface area contributed by atoms with Crippen LogP contribution in [0.4, 0.5) is 4.39 Å². The van der Waals surface area contributed by atoms with Gasteiger partial charge in [-0.15, -0.1) is 0 Å². The molecule has 0 heterocycles. The van der Waals surface area contributed by atoms with Crippen molar-refractivity contribution in [3.8, 4) is 11.5 Å². The first kappa shape index (κ1) is 12.0. The zero-order chi connectivity index (χ0) is 11.4. The van der Waals surface area contributed by atoms with Crippen molar-refractivity contribution in [1.29, 1.82) is 0 Å². The summed E-state index contributed by atoms with van der Waals surface area (Å²) in [7, 11) is 1.33. The minimum absolute atomic E-state index is 0.0500. The summed E-state index contributed by atoms with van der Waals surface area (Å²) in [6.07, 6.45) is 0.166. The van der Waals surface area contributed by atoms with Gasteiger partial charge in [0, 0.05) is 18.1 Å². The lowest BCUT2D eigenvalue weighted by molar-refractivity contribution is 0.140. The van der Waals surface area contributed by atoms with Crippen LogP contribution in [-0.4, -0.2) is 18.8 Å². The van der Waals surface area contributed by atoms with E-state index in [1.54, 1.807) is 0 Å². The Morgan fingerprint density at radius 2 is 2.27 bits per heavy atom. The predicted octanol–water partition coefficient (Wildman–Crippen LogP) is 1.63. The van der Waals surface area contributed by atoms with E-state index in [0.717, 1.165) is 6.07 Å². The van der Waals surface area contributed by atoms with Crippen LogP contribution >= 0.6 is 11.6 Å². The third-order valence-corrected chi connectivity index (χ3v) is 2.19. The normalized spacial score (nSPS) is 10.4. The van der Waals surface area contributed by atoms with Gasteiger partial charge < -0.3 is 14.7 Å². The number of hydrogen-bond donors (Lipinski definition) is 2. The summed E-state index contributed by atoms with van der Waals surface area (Å²) in [5, 5.41) is 9.28. The smallest absolute Gasteiger partial charge is 0.166 e. The summed E-state index contributed by atoms with van der Waals surface area (Å²) in [5.74, 6) is 4.04. The van der Waals surface area contributed by atoms with Gasteiger partial charge in [-0.1, -0.05) is 11.6 Å². The topological polar surface area (TPSA) is 64.7 Å². The molecule has 0 saturated carbocycles. The van der Waals surface area contributed by atoms with Gasteiger partial charge >= 0.3 is 0 Å². The van der Waals surface area contributed by atoms with Crippen molar-refractivity contribution in [2.24, 2.45) is 5.90 Å². The van der Waals surface area contributed by atoms with Crippen LogP contribution < -0.4 is 10.6 Å². The highest BCUT2D eigenvalue weighted by Gasteiger charge is 2.17. The van der Waals surface area contributed by atoms with Gasteiger partial charge in [-0.25, -0.2) is 10.3 Å². The van der Waals surface area contributed by atoms with E-state index in [-0.39, 0.29) is 35.1 Å². The van der Waals surface area contributed by atoms with Crippen molar-refractivity contribution in [2.45, 2.75) is 6.42 Å². The second-order valence-electron chi connectivity index (χ2n) is 2.82. The monoisotopic (exact) mass is 235 g/mol. The van der Waals surface area contributed by atoms with E-state index in [2.05, 4.69) is 4.84 Å². The van der Waals surface area contributed by atoms with E-state index in [4.69, 9.17) is 22.2 Å². The lowest BCUT2D eigenvalue weighted by atomic mass is 10.1. The third-order valence-electron chi connectivity index (χ3n) is 1.92. The van der Waals surface area contributed by atoms with Crippen LogP contribution in [-0.2, 0) is 11.3 Å². The number of halogens is 2. The predicted molar refractivity (Wildman–Crippen MR) is 53.5 cm³/mol. The SMILES string of the molecule is COc1c(O)cc(Cl)c(F)c1CCON. The van der Waals surface area contributed by atoms with Crippen molar-refractivity contribution in [3.05, 3.63) is 22.5 Å². The lowest BCUT2D eigenvalue weighted by Crippen LogP contribution is -2.07. The van der Waals surface area contributed by atoms with E-state index in [1.165, 1.54) is 7.11 Å². The standard InChI is InChI=1S/C9H11ClFNO3/c1-14-9-5(2-3-15-12)8(11)6(10)4-7(9)13/h4,13H,2-3,12H2,1H3. The number of aromatic hydroxyl groups is 1. The Balaban J connectivity index is 3.18. The average molecular weight is 236 g/mol. The molecule has 0 saturated heterocycles. The van der Waals surface area contributed by atoms with E-state index >= 15 is 0 Å². The molecule has 0 atom stereocenters. The van der Waals surface area contributed by atoms with Gasteiger partial charge in [0.2, 0.25) is 0 Å². The van der Waals surface area contributed by atoms with E-state index in [0.29, 0.717) is 0 Å². The Morgan fingerprint density at radius 3 is 2.80 bits per heavy atom. The van der Waals surface area contributed by atoms with Crippen LogP contribution in [0.3, 0.4) is 0 Å². The first-order valence-electron chi connectivity index (χ1n) is 4.17. The summed E-state index contributed by atoms with van der Waals surface area (Å²) >= 11 is 5.56. The first-order chi connectivity index (χ1) is 7.11. The molecule has 0 aliphatic heterocycles. The summed E-state index contributed by atoms with van der Waals surface area (Å²) in [4.78, 5) is 4.33. The number of ether oxygens (including phenoxy) is 1. The van der Waals surface area contributed by atoms with Crippen LogP contribution in [0, 0.1) is 5.82 Å². The Hall–Kier alpha value is -1.04. The van der Waals surface area contributed by atoms with Crippen LogP contribution in [0.5, 0.6) is 11.5 Å². The molecule has 1 aromatic rings. The molecule has 0 aliphatic carbocycles. The molecule has 15 heavy (non-hydrogen) atoms. The fourth-order valence-corrected chi connectivity index (χ4v) is 1.48. The molecule has 0 amide bonds. The van der Waals surface area contributed by atoms with E-state index < -0.39 is 5.82 Å². The molecule has 0 radical (unpaired) electrons. The van der Waals surface area contributed by atoms with Gasteiger partial charge in [-0.05, 0) is 0 Å². The lowest BCUT2D eigenvalue weighted by Gasteiger charge is -2.11. The Labute approximate surface area is 91.3 Å². The molecule has 6 heteroatoms. The van der Waals surface area contributed by atoms with Crippen LogP contribution in [0.2, 0.25) is 5.02 Å². The Morgan fingerprint density at radius 1 is 1.60 bits per heavy atom. The maximum Gasteiger partial charge on any atom is 0.166 e. The summed E-state index contributed by atoms with van der Waals surface area (Å²) < 4.78 is 18.4. The molecule has 4 nitrogen and oxygen atoms in total. The van der Waals surface area contributed by atoms with Crippen molar-refractivity contribution < 1.29 is 19.1 Å². The highest BCUT2D eigenvalue weighted by molar-refractivity contribution is 6.31. The third kappa shape index (κ3) is 2.50. The summed E-state index contributed by atoms with van der Waals surface area (Å²) in [6.45, 7) is 0.104. The largest absolute Gasteiger partial charge is 0.504 e. The van der Waals surface area contributed by atoms with Crippen molar-refractivity contribution in [2.75, 3.05) is 13.7 Å². The minimum Gasteiger partial charge on any atom is -0.504 e. The van der Waals surface area contributed by atoms with E-state index in [9.17, 15) is 9.50 Å². The van der Waals surface area contributed by atoms with Gasteiger partial charge in [-0.2, -0.15) is 0 Å². The number of phenolic OH excluding ortho intramolecular Hbond substituents is 1. The first-order valence-corrected chi connectivity index (χ1v) is 4.55. The molecule has 0 fully saturated rings. The van der Waals surface area contributed by atoms with Gasteiger partial charge in [0.1, 0.15) is 5.82 Å². The quantitative estimate of drug-likeness (QED) is 0.779. The van der Waals surface area contributed by atoms with Gasteiger partial charge in [0.15, 0.2) is 11.5 Å². The maximum atomic E-state index is 13.5. The molecule has 3 N–H and O–H groups in total. The molecule has 1 rings (SSSR count). The Kier molecular flexibility index (Phi) is 4.14. The fraction of sp³-hybridized carbons (Fsp3) is 0.333. The van der Waals surface area contributed by atoms with Gasteiger partial charge in [0.25, 0.3) is 0 Å². The molecule has 0 bridgehead atoms. The second kappa shape index (κ2) is 5.16. The maximum absolute atomic E-state index is 13.5. The molecule has 0 spiro atoms. The highest BCUT2D eigenvalue weighted by Crippen LogP contribution is 2.36. The molecule has 0 unspecified atom stereocenters. The zero-order valence-corrected chi connectivity index (χ0v) is 8.84. The molecular weight excluding hydrogens is 225 g/mol. The van der Waals surface area contributed by atoms with Crippen LogP contribution in [0.1, 0.15) is 5.56 Å². The second-order valence-corrected chi connectivity index (χ2v) is 3.23. The van der Waals surface area contributed by atoms with Crippen LogP contribution in [0.15, 0.2) is 6.07 Å². The summed E-state index contributed by atoms with van der Waals surface area (Å²) in [6, 6.07) is 1.09. The number of methoxy groups -OCH3 is 1. The number of benzene rings is 1. The molecule has 0 aromatic heterocycles. The molecule has 0 aliphatic rings. The minimum atomic E-state index is -0.636. The number of hydrogen-bond acceptors (Lipinski definition) is 4. The average Bonchev–Trinajstić information content (AvgIpc) is 2.21. The van der Waals surface area contributed by atoms with Gasteiger partial charge in [-0.3, -0.25) is 0 Å².